The molecule has 1 saturated heterocycles. The molecule has 4 rings (SSSR count). The summed E-state index contributed by atoms with van der Waals surface area (Å²) in [4.78, 5) is 27.3. The zero-order chi connectivity index (χ0) is 22.7. The normalized spacial score (nSPS) is 15.5. The van der Waals surface area contributed by atoms with Crippen LogP contribution in [0.15, 0.2) is 65.5 Å². The first kappa shape index (κ1) is 21.8. The van der Waals surface area contributed by atoms with Crippen molar-refractivity contribution in [2.45, 2.75) is 39.5 Å². The van der Waals surface area contributed by atoms with Crippen LogP contribution >= 0.6 is 0 Å². The molecular formula is C26H29N3O3. The summed E-state index contributed by atoms with van der Waals surface area (Å²) in [5.41, 5.74) is 2.53. The molecule has 2 aromatic carbocycles. The van der Waals surface area contributed by atoms with Crippen LogP contribution < -0.4 is 5.56 Å². The quantitative estimate of drug-likeness (QED) is 0.659. The zero-order valence-electron chi connectivity index (χ0n) is 18.6. The van der Waals surface area contributed by atoms with Crippen molar-refractivity contribution in [1.29, 1.82) is 0 Å². The second-order valence-electron chi connectivity index (χ2n) is 8.77. The Morgan fingerprint density at radius 2 is 1.72 bits per heavy atom. The summed E-state index contributed by atoms with van der Waals surface area (Å²) in [5, 5.41) is 14.6. The number of nitrogens with zero attached hydrogens (tertiary/aromatic N) is 3. The van der Waals surface area contributed by atoms with Crippen molar-refractivity contribution >= 4 is 5.91 Å². The highest BCUT2D eigenvalue weighted by molar-refractivity contribution is 5.94. The van der Waals surface area contributed by atoms with Gasteiger partial charge >= 0.3 is 0 Å². The maximum absolute atomic E-state index is 13.2. The number of aromatic hydroxyl groups is 1. The smallest absolute Gasteiger partial charge is 0.278 e. The third-order valence-electron chi connectivity index (χ3n) is 6.68. The monoisotopic (exact) mass is 431 g/mol. The zero-order valence-corrected chi connectivity index (χ0v) is 18.6. The molecule has 1 fully saturated rings. The minimum Gasteiger partial charge on any atom is -0.505 e. The molecule has 1 amide bonds. The van der Waals surface area contributed by atoms with E-state index in [1.54, 1.807) is 17.0 Å². The maximum Gasteiger partial charge on any atom is 0.278 e. The third-order valence-corrected chi connectivity index (χ3v) is 6.68. The summed E-state index contributed by atoms with van der Waals surface area (Å²) in [6.07, 6.45) is 3.82. The number of benzene rings is 2. The van der Waals surface area contributed by atoms with E-state index in [4.69, 9.17) is 0 Å². The van der Waals surface area contributed by atoms with Gasteiger partial charge < -0.3 is 10.0 Å². The molecule has 0 spiro atoms. The van der Waals surface area contributed by atoms with E-state index in [0.29, 0.717) is 18.8 Å². The van der Waals surface area contributed by atoms with E-state index < -0.39 is 5.56 Å². The summed E-state index contributed by atoms with van der Waals surface area (Å²) in [5.74, 6) is -0.715. The number of hydrogen-bond donors (Lipinski definition) is 1. The molecule has 1 aliphatic heterocycles. The molecule has 166 valence electrons. The van der Waals surface area contributed by atoms with E-state index in [9.17, 15) is 14.7 Å². The van der Waals surface area contributed by atoms with Crippen molar-refractivity contribution < 1.29 is 9.90 Å². The molecule has 32 heavy (non-hydrogen) atoms. The van der Waals surface area contributed by atoms with Crippen molar-refractivity contribution in [2.75, 3.05) is 13.1 Å². The molecule has 0 saturated carbocycles. The van der Waals surface area contributed by atoms with E-state index in [-0.39, 0.29) is 22.8 Å². The van der Waals surface area contributed by atoms with Crippen LogP contribution in [0.3, 0.4) is 0 Å². The number of piperidine rings is 1. The van der Waals surface area contributed by atoms with E-state index in [1.165, 1.54) is 10.2 Å². The second-order valence-corrected chi connectivity index (χ2v) is 8.77. The summed E-state index contributed by atoms with van der Waals surface area (Å²) in [7, 11) is 0. The predicted octanol–water partition coefficient (Wildman–Crippen LogP) is 4.12. The van der Waals surface area contributed by atoms with Gasteiger partial charge in [-0.2, -0.15) is 9.78 Å². The third kappa shape index (κ3) is 4.44. The van der Waals surface area contributed by atoms with Gasteiger partial charge in [0.25, 0.3) is 11.5 Å². The predicted molar refractivity (Wildman–Crippen MR) is 124 cm³/mol. The maximum atomic E-state index is 13.2. The molecule has 1 N–H and O–H groups in total. The standard InChI is InChI=1S/C26H29N3O3/c1-3-26(18-20-7-5-4-6-8-20)13-15-28(16-14-26)25(32)24-22(30)17-23(31)29(27-24)21-11-9-19(2)10-12-21/h4-12,17,30H,3,13-16,18H2,1-2H3. The Morgan fingerprint density at radius 3 is 2.34 bits per heavy atom. The Kier molecular flexibility index (Phi) is 6.12. The summed E-state index contributed by atoms with van der Waals surface area (Å²) in [6, 6.07) is 18.8. The number of amides is 1. The van der Waals surface area contributed by atoms with Crippen LogP contribution in [0.2, 0.25) is 0 Å². The average molecular weight is 432 g/mol. The van der Waals surface area contributed by atoms with Crippen LogP contribution in [-0.2, 0) is 6.42 Å². The first-order valence-electron chi connectivity index (χ1n) is 11.1. The molecule has 0 atom stereocenters. The lowest BCUT2D eigenvalue weighted by Crippen LogP contribution is -2.44. The molecule has 1 aliphatic rings. The lowest BCUT2D eigenvalue weighted by molar-refractivity contribution is 0.0556. The van der Waals surface area contributed by atoms with E-state index >= 15 is 0 Å². The molecule has 0 unspecified atom stereocenters. The van der Waals surface area contributed by atoms with Crippen LogP contribution in [0, 0.1) is 12.3 Å². The van der Waals surface area contributed by atoms with Crippen LogP contribution in [0.25, 0.3) is 5.69 Å². The van der Waals surface area contributed by atoms with Crippen LogP contribution in [0.1, 0.15) is 47.8 Å². The van der Waals surface area contributed by atoms with Crippen LogP contribution in [0.4, 0.5) is 0 Å². The van der Waals surface area contributed by atoms with Gasteiger partial charge in [-0.3, -0.25) is 9.59 Å². The molecule has 6 nitrogen and oxygen atoms in total. The first-order valence-corrected chi connectivity index (χ1v) is 11.1. The topological polar surface area (TPSA) is 75.4 Å². The lowest BCUT2D eigenvalue weighted by Gasteiger charge is -2.41. The van der Waals surface area contributed by atoms with E-state index in [1.807, 2.05) is 25.1 Å². The average Bonchev–Trinajstić information content (AvgIpc) is 2.81. The van der Waals surface area contributed by atoms with Crippen LogP contribution in [-0.4, -0.2) is 38.8 Å². The molecule has 3 aromatic rings. The fourth-order valence-electron chi connectivity index (χ4n) is 4.49. The van der Waals surface area contributed by atoms with Gasteiger partial charge in [0.1, 0.15) is 0 Å². The number of hydrogen-bond acceptors (Lipinski definition) is 4. The van der Waals surface area contributed by atoms with Crippen molar-refractivity contribution in [3.05, 3.63) is 87.8 Å². The highest BCUT2D eigenvalue weighted by Gasteiger charge is 2.35. The van der Waals surface area contributed by atoms with Gasteiger partial charge in [-0.05, 0) is 49.3 Å². The van der Waals surface area contributed by atoms with Gasteiger partial charge in [-0.25, -0.2) is 0 Å². The Hall–Kier alpha value is -3.41. The van der Waals surface area contributed by atoms with Crippen molar-refractivity contribution in [1.82, 2.24) is 14.7 Å². The summed E-state index contributed by atoms with van der Waals surface area (Å²) < 4.78 is 1.17. The van der Waals surface area contributed by atoms with Gasteiger partial charge in [0.2, 0.25) is 0 Å². The number of aryl methyl sites for hydroxylation is 1. The lowest BCUT2D eigenvalue weighted by atomic mass is 9.72. The van der Waals surface area contributed by atoms with Gasteiger partial charge in [0, 0.05) is 19.2 Å². The minimum atomic E-state index is -0.477. The first-order chi connectivity index (χ1) is 15.4. The molecule has 6 heteroatoms. The Balaban J connectivity index is 1.53. The Morgan fingerprint density at radius 1 is 1.06 bits per heavy atom. The van der Waals surface area contributed by atoms with Crippen molar-refractivity contribution in [3.63, 3.8) is 0 Å². The van der Waals surface area contributed by atoms with Crippen molar-refractivity contribution in [2.24, 2.45) is 5.41 Å². The SMILES string of the molecule is CCC1(Cc2ccccc2)CCN(C(=O)c2nn(-c3ccc(C)cc3)c(=O)cc2O)CC1. The molecule has 2 heterocycles. The molecule has 0 aliphatic carbocycles. The molecule has 0 radical (unpaired) electrons. The number of carbonyl (C=O) groups is 1. The minimum absolute atomic E-state index is 0.0859. The summed E-state index contributed by atoms with van der Waals surface area (Å²) in [6.45, 7) is 5.37. The van der Waals surface area contributed by atoms with E-state index in [0.717, 1.165) is 37.3 Å². The molecule has 1 aromatic heterocycles. The van der Waals surface area contributed by atoms with Gasteiger partial charge in [0.15, 0.2) is 11.4 Å². The second kappa shape index (κ2) is 8.99. The molecular weight excluding hydrogens is 402 g/mol. The highest BCUT2D eigenvalue weighted by Crippen LogP contribution is 2.38. The number of rotatable bonds is 5. The number of aromatic nitrogens is 2. The van der Waals surface area contributed by atoms with Crippen molar-refractivity contribution in [3.8, 4) is 11.4 Å². The van der Waals surface area contributed by atoms with Gasteiger partial charge in [-0.15, -0.1) is 0 Å². The Bertz CT molecular complexity index is 1150. The van der Waals surface area contributed by atoms with Gasteiger partial charge in [0.05, 0.1) is 5.69 Å². The fourth-order valence-corrected chi connectivity index (χ4v) is 4.49. The molecule has 0 bridgehead atoms. The van der Waals surface area contributed by atoms with Gasteiger partial charge in [-0.1, -0.05) is 61.4 Å². The number of likely N-dealkylation sites (tertiary alicyclic amines) is 1. The van der Waals surface area contributed by atoms with E-state index in [2.05, 4.69) is 36.3 Å². The largest absolute Gasteiger partial charge is 0.505 e. The fraction of sp³-hybridized carbons (Fsp3) is 0.346. The summed E-state index contributed by atoms with van der Waals surface area (Å²) >= 11 is 0. The Labute approximate surface area is 188 Å². The number of carbonyl (C=O) groups excluding carboxylic acids is 1. The van der Waals surface area contributed by atoms with Crippen LogP contribution in [0.5, 0.6) is 5.75 Å². The highest BCUT2D eigenvalue weighted by atomic mass is 16.3.